The fourth-order valence-electron chi connectivity index (χ4n) is 1.17. The molecule has 0 spiro atoms. The van der Waals surface area contributed by atoms with Gasteiger partial charge in [-0.15, -0.1) is 0 Å². The number of nitrogens with zero attached hydrogens (tertiary/aromatic N) is 2. The molecule has 2 rings (SSSR count). The number of hydrogen-bond donors (Lipinski definition) is 0. The van der Waals surface area contributed by atoms with Crippen LogP contribution in [0.2, 0.25) is 0 Å². The maximum atomic E-state index is 4.27. The van der Waals surface area contributed by atoms with Gasteiger partial charge in [-0.05, 0) is 12.8 Å². The Hall–Kier alpha value is 1.47. The normalized spacial score (nSPS) is 9.60. The summed E-state index contributed by atoms with van der Waals surface area (Å²) in [5, 5.41) is 8.51. The number of thiazole rings is 2. The molecule has 0 fully saturated rings. The predicted molar refractivity (Wildman–Crippen MR) is 79.6 cm³/mol. The summed E-state index contributed by atoms with van der Waals surface area (Å²) in [5.74, 6) is 1.08. The van der Waals surface area contributed by atoms with Crippen LogP contribution in [0.15, 0.2) is 0 Å². The minimum Gasteiger partial charge on any atom is -0.361 e. The molecule has 2 radical (unpaired) electrons. The molecule has 0 bridgehead atoms. The van der Waals surface area contributed by atoms with E-state index in [2.05, 4.69) is 48.4 Å². The Morgan fingerprint density at radius 3 is 1.65 bits per heavy atom. The first kappa shape index (κ1) is 23.7. The van der Waals surface area contributed by atoms with E-state index in [1.807, 2.05) is 13.8 Å². The first-order chi connectivity index (χ1) is 8.40. The molecule has 0 saturated heterocycles. The second kappa shape index (κ2) is 12.0. The molecule has 0 amide bonds. The average molecular weight is 458 g/mol. The van der Waals surface area contributed by atoms with Crippen molar-refractivity contribution in [3.8, 4) is 0 Å². The van der Waals surface area contributed by atoms with Crippen molar-refractivity contribution >= 4 is 22.7 Å². The fourth-order valence-corrected chi connectivity index (χ4v) is 2.57. The number of rotatable bonds is 2. The van der Waals surface area contributed by atoms with Crippen molar-refractivity contribution in [1.29, 1.82) is 0 Å². The van der Waals surface area contributed by atoms with Crippen LogP contribution in [0, 0.1) is 24.6 Å². The standard InChI is InChI=1S/2C7H10NS.2Y/c1-5(2)7-4-9-6(3)8-7;1-5(2)7-8-6(3)4-9-7;;/h2*5H,1-3H3;;/q2*-1;;. The van der Waals surface area contributed by atoms with Gasteiger partial charge < -0.3 is 32.6 Å². The summed E-state index contributed by atoms with van der Waals surface area (Å²) >= 11 is 3.22. The Labute approximate surface area is 181 Å². The second-order valence-corrected chi connectivity index (χ2v) is 6.59. The van der Waals surface area contributed by atoms with Gasteiger partial charge in [0.05, 0.1) is 0 Å². The minimum atomic E-state index is 0. The number of aromatic nitrogens is 2. The van der Waals surface area contributed by atoms with E-state index in [4.69, 9.17) is 0 Å². The van der Waals surface area contributed by atoms with Gasteiger partial charge in [-0.1, -0.05) is 61.9 Å². The third kappa shape index (κ3) is 8.80. The molecule has 0 aliphatic rings. The van der Waals surface area contributed by atoms with E-state index < -0.39 is 0 Å². The minimum absolute atomic E-state index is 0. The van der Waals surface area contributed by atoms with Crippen LogP contribution in [-0.2, 0) is 65.4 Å². The molecule has 106 valence electrons. The molecule has 2 heterocycles. The molecule has 0 aromatic carbocycles. The topological polar surface area (TPSA) is 25.8 Å². The molecule has 6 heteroatoms. The van der Waals surface area contributed by atoms with Crippen LogP contribution in [0.3, 0.4) is 0 Å². The average Bonchev–Trinajstić information content (AvgIpc) is 2.88. The largest absolute Gasteiger partial charge is 0.361 e. The summed E-state index contributed by atoms with van der Waals surface area (Å²) < 4.78 is 0. The van der Waals surface area contributed by atoms with E-state index in [1.54, 1.807) is 22.7 Å². The summed E-state index contributed by atoms with van der Waals surface area (Å²) in [6.07, 6.45) is 0. The van der Waals surface area contributed by atoms with Crippen molar-refractivity contribution in [2.75, 3.05) is 0 Å². The fraction of sp³-hybridized carbons (Fsp3) is 0.571. The third-order valence-corrected chi connectivity index (χ3v) is 4.07. The molecule has 2 aromatic heterocycles. The van der Waals surface area contributed by atoms with Gasteiger partial charge in [0.2, 0.25) is 0 Å². The van der Waals surface area contributed by atoms with Crippen molar-refractivity contribution in [2.24, 2.45) is 0 Å². The van der Waals surface area contributed by atoms with Crippen molar-refractivity contribution in [3.05, 3.63) is 32.2 Å². The molecule has 20 heavy (non-hydrogen) atoms. The van der Waals surface area contributed by atoms with Gasteiger partial charge in [-0.25, -0.2) is 0 Å². The van der Waals surface area contributed by atoms with Gasteiger partial charge in [-0.2, -0.15) is 10.8 Å². The molecule has 2 aromatic rings. The zero-order chi connectivity index (χ0) is 13.7. The summed E-state index contributed by atoms with van der Waals surface area (Å²) in [6.45, 7) is 12.5. The number of hydrogen-bond acceptors (Lipinski definition) is 4. The Balaban J connectivity index is 0. The van der Waals surface area contributed by atoms with Gasteiger partial charge >= 0.3 is 0 Å². The SMILES string of the molecule is Cc1[c-]sc(C(C)C)n1.Cc1nc(C(C)C)[c-]s1.[Y].[Y]. The second-order valence-electron chi connectivity index (χ2n) is 4.77. The summed E-state index contributed by atoms with van der Waals surface area (Å²) in [6, 6.07) is 0. The molecule has 2 nitrogen and oxygen atoms in total. The van der Waals surface area contributed by atoms with Crippen LogP contribution >= 0.6 is 22.7 Å². The van der Waals surface area contributed by atoms with E-state index in [0.717, 1.165) is 16.4 Å². The van der Waals surface area contributed by atoms with Gasteiger partial charge in [0.1, 0.15) is 0 Å². The molecule has 0 N–H and O–H groups in total. The zero-order valence-corrected chi connectivity index (χ0v) is 20.3. The first-order valence-electron chi connectivity index (χ1n) is 6.10. The quantitative estimate of drug-likeness (QED) is 0.608. The van der Waals surface area contributed by atoms with E-state index >= 15 is 0 Å². The zero-order valence-electron chi connectivity index (χ0n) is 13.0. The molecular formula is C14H20N2S2Y2-2. The molecule has 0 aliphatic carbocycles. The molecule has 0 atom stereocenters. The van der Waals surface area contributed by atoms with Gasteiger partial charge in [-0.3, -0.25) is 0 Å². The molecule has 0 unspecified atom stereocenters. The van der Waals surface area contributed by atoms with E-state index in [-0.39, 0.29) is 65.4 Å². The summed E-state index contributed by atoms with van der Waals surface area (Å²) in [5.41, 5.74) is 2.11. The van der Waals surface area contributed by atoms with E-state index in [0.29, 0.717) is 11.8 Å². The maximum absolute atomic E-state index is 4.27. The van der Waals surface area contributed by atoms with Crippen molar-refractivity contribution < 1.29 is 65.4 Å². The number of aryl methyl sites for hydroxylation is 2. The monoisotopic (exact) mass is 458 g/mol. The molecular weight excluding hydrogens is 438 g/mol. The molecule has 0 saturated carbocycles. The predicted octanol–water partition coefficient (Wildman–Crippen LogP) is 4.75. The van der Waals surface area contributed by atoms with Crippen molar-refractivity contribution in [1.82, 2.24) is 9.97 Å². The summed E-state index contributed by atoms with van der Waals surface area (Å²) in [4.78, 5) is 8.55. The third-order valence-electron chi connectivity index (χ3n) is 2.20. The van der Waals surface area contributed by atoms with Crippen LogP contribution in [0.4, 0.5) is 0 Å². The van der Waals surface area contributed by atoms with Gasteiger partial charge in [0.25, 0.3) is 0 Å². The smallest absolute Gasteiger partial charge is 0 e. The van der Waals surface area contributed by atoms with Crippen LogP contribution in [0.1, 0.15) is 60.9 Å². The van der Waals surface area contributed by atoms with Gasteiger partial charge in [0, 0.05) is 65.4 Å². The Morgan fingerprint density at radius 1 is 0.850 bits per heavy atom. The first-order valence-corrected chi connectivity index (χ1v) is 7.73. The Bertz CT molecular complexity index is 435. The maximum Gasteiger partial charge on any atom is 0 e. The Morgan fingerprint density at radius 2 is 1.45 bits per heavy atom. The van der Waals surface area contributed by atoms with E-state index in [1.165, 1.54) is 5.01 Å². The van der Waals surface area contributed by atoms with Gasteiger partial charge in [0.15, 0.2) is 0 Å². The van der Waals surface area contributed by atoms with E-state index in [9.17, 15) is 0 Å². The van der Waals surface area contributed by atoms with Crippen LogP contribution in [0.5, 0.6) is 0 Å². The van der Waals surface area contributed by atoms with Crippen LogP contribution in [0.25, 0.3) is 0 Å². The van der Waals surface area contributed by atoms with Crippen molar-refractivity contribution in [2.45, 2.75) is 53.4 Å². The Kier molecular flexibility index (Phi) is 14.2. The van der Waals surface area contributed by atoms with Crippen LogP contribution in [-0.4, -0.2) is 9.97 Å². The summed E-state index contributed by atoms with van der Waals surface area (Å²) in [7, 11) is 0. The van der Waals surface area contributed by atoms with Crippen molar-refractivity contribution in [3.63, 3.8) is 0 Å². The molecule has 0 aliphatic heterocycles. The van der Waals surface area contributed by atoms with Crippen LogP contribution < -0.4 is 0 Å².